The molecule has 0 heterocycles. The Balaban J connectivity index is 4.09. The van der Waals surface area contributed by atoms with E-state index in [0.29, 0.717) is 6.42 Å². The van der Waals surface area contributed by atoms with Crippen LogP contribution in [0.15, 0.2) is 60.8 Å². The standard InChI is InChI=1S/C52H94NO8P/c1-3-5-7-9-11-13-15-17-19-21-23-25-27-29-31-33-35-37-39-41-43-45-52(55)61-50(49-60-62(56,57)59-47-46-53)48-58-51(54)44-42-40-38-36-34-32-30-28-26-24-22-20-18-16-14-12-10-8-6-4-2/h5,7,11,13,17,19,23,25,29,31,50H,3-4,6,8-10,12,14-16,18,20-22,24,26-28,30,32-49,53H2,1-2H3,(H,56,57)/b7-5-,13-11-,19-17-,25-23-,31-29-. The Labute approximate surface area is 380 Å². The zero-order valence-electron chi connectivity index (χ0n) is 39.8. The molecule has 3 N–H and O–H groups in total. The third kappa shape index (κ3) is 47.2. The summed E-state index contributed by atoms with van der Waals surface area (Å²) in [6.45, 7) is 3.62. The summed E-state index contributed by atoms with van der Waals surface area (Å²) in [4.78, 5) is 35.0. The molecule has 0 aliphatic carbocycles. The Morgan fingerprint density at radius 1 is 0.500 bits per heavy atom. The van der Waals surface area contributed by atoms with E-state index in [1.165, 1.54) is 109 Å². The van der Waals surface area contributed by atoms with Gasteiger partial charge >= 0.3 is 19.8 Å². The van der Waals surface area contributed by atoms with Crippen LogP contribution >= 0.6 is 7.82 Å². The molecule has 2 atom stereocenters. The summed E-state index contributed by atoms with van der Waals surface area (Å²) < 4.78 is 32.9. The number of carbonyl (C=O) groups excluding carboxylic acids is 2. The summed E-state index contributed by atoms with van der Waals surface area (Å²) in [7, 11) is -4.39. The maximum absolute atomic E-state index is 12.6. The average molecular weight is 892 g/mol. The lowest BCUT2D eigenvalue weighted by Crippen LogP contribution is -2.29. The Morgan fingerprint density at radius 3 is 1.32 bits per heavy atom. The van der Waals surface area contributed by atoms with E-state index in [1.807, 2.05) is 0 Å². The van der Waals surface area contributed by atoms with Crippen LogP contribution in [0.25, 0.3) is 0 Å². The lowest BCUT2D eigenvalue weighted by molar-refractivity contribution is -0.161. The van der Waals surface area contributed by atoms with Crippen LogP contribution in [0.1, 0.15) is 226 Å². The minimum atomic E-state index is -4.39. The van der Waals surface area contributed by atoms with Crippen LogP contribution in [0.4, 0.5) is 0 Å². The number of phosphoric ester groups is 1. The number of ether oxygens (including phenoxy) is 2. The van der Waals surface area contributed by atoms with E-state index in [2.05, 4.69) is 74.6 Å². The highest BCUT2D eigenvalue weighted by Crippen LogP contribution is 2.43. The van der Waals surface area contributed by atoms with E-state index >= 15 is 0 Å². The van der Waals surface area contributed by atoms with Crippen molar-refractivity contribution in [2.24, 2.45) is 5.73 Å². The normalized spacial score (nSPS) is 13.7. The summed E-state index contributed by atoms with van der Waals surface area (Å²) in [6, 6.07) is 0. The highest BCUT2D eigenvalue weighted by molar-refractivity contribution is 7.47. The van der Waals surface area contributed by atoms with Gasteiger partial charge in [-0.25, -0.2) is 4.57 Å². The van der Waals surface area contributed by atoms with Crippen molar-refractivity contribution in [3.8, 4) is 0 Å². The van der Waals surface area contributed by atoms with Gasteiger partial charge in [-0.15, -0.1) is 0 Å². The highest BCUT2D eigenvalue weighted by atomic mass is 31.2. The molecule has 0 fully saturated rings. The fourth-order valence-electron chi connectivity index (χ4n) is 6.96. The first-order valence-corrected chi connectivity index (χ1v) is 26.8. The molecule has 0 bridgehead atoms. The summed E-state index contributed by atoms with van der Waals surface area (Å²) in [5.74, 6) is -0.845. The molecule has 2 unspecified atom stereocenters. The summed E-state index contributed by atoms with van der Waals surface area (Å²) in [6.07, 6.45) is 58.3. The van der Waals surface area contributed by atoms with E-state index in [0.717, 1.165) is 83.5 Å². The first kappa shape index (κ1) is 59.7. The van der Waals surface area contributed by atoms with Gasteiger partial charge in [0, 0.05) is 19.4 Å². The van der Waals surface area contributed by atoms with Gasteiger partial charge in [0.05, 0.1) is 13.2 Å². The van der Waals surface area contributed by atoms with Crippen LogP contribution < -0.4 is 5.73 Å². The van der Waals surface area contributed by atoms with Gasteiger partial charge in [-0.2, -0.15) is 0 Å². The van der Waals surface area contributed by atoms with Crippen LogP contribution in [0.5, 0.6) is 0 Å². The molecular formula is C52H94NO8P. The van der Waals surface area contributed by atoms with Crippen LogP contribution in [0, 0.1) is 0 Å². The highest BCUT2D eigenvalue weighted by Gasteiger charge is 2.26. The second kappa shape index (κ2) is 48.2. The van der Waals surface area contributed by atoms with Gasteiger partial charge in [-0.1, -0.05) is 216 Å². The number of rotatable bonds is 47. The minimum Gasteiger partial charge on any atom is -0.462 e. The van der Waals surface area contributed by atoms with E-state index in [9.17, 15) is 19.0 Å². The third-order valence-electron chi connectivity index (χ3n) is 10.7. The number of hydrogen-bond donors (Lipinski definition) is 2. The quantitative estimate of drug-likeness (QED) is 0.0265. The number of phosphoric acid groups is 1. The van der Waals surface area contributed by atoms with Crippen molar-refractivity contribution < 1.29 is 37.6 Å². The largest absolute Gasteiger partial charge is 0.472 e. The van der Waals surface area contributed by atoms with Gasteiger partial charge in [0.2, 0.25) is 0 Å². The van der Waals surface area contributed by atoms with Gasteiger partial charge in [0.25, 0.3) is 0 Å². The van der Waals surface area contributed by atoms with Crippen molar-refractivity contribution in [3.05, 3.63) is 60.8 Å². The van der Waals surface area contributed by atoms with Crippen molar-refractivity contribution in [1.82, 2.24) is 0 Å². The molecule has 0 radical (unpaired) electrons. The molecule has 0 saturated heterocycles. The van der Waals surface area contributed by atoms with Gasteiger partial charge < -0.3 is 20.1 Å². The van der Waals surface area contributed by atoms with Crippen LogP contribution in [0.3, 0.4) is 0 Å². The van der Waals surface area contributed by atoms with Crippen LogP contribution in [0.2, 0.25) is 0 Å². The Kier molecular flexibility index (Phi) is 46.4. The number of hydrogen-bond acceptors (Lipinski definition) is 8. The maximum Gasteiger partial charge on any atom is 0.472 e. The van der Waals surface area contributed by atoms with E-state index in [1.54, 1.807) is 0 Å². The van der Waals surface area contributed by atoms with Gasteiger partial charge in [0.1, 0.15) is 6.61 Å². The van der Waals surface area contributed by atoms with Crippen molar-refractivity contribution in [1.29, 1.82) is 0 Å². The number of esters is 2. The maximum atomic E-state index is 12.6. The Morgan fingerprint density at radius 2 is 0.887 bits per heavy atom. The molecule has 0 spiro atoms. The van der Waals surface area contributed by atoms with Crippen molar-refractivity contribution >= 4 is 19.8 Å². The van der Waals surface area contributed by atoms with E-state index < -0.39 is 26.5 Å². The predicted octanol–water partition coefficient (Wildman–Crippen LogP) is 15.2. The first-order valence-electron chi connectivity index (χ1n) is 25.3. The molecule has 9 nitrogen and oxygen atoms in total. The average Bonchev–Trinajstić information content (AvgIpc) is 3.26. The van der Waals surface area contributed by atoms with Crippen molar-refractivity contribution in [3.63, 3.8) is 0 Å². The molecule has 10 heteroatoms. The molecule has 360 valence electrons. The number of allylic oxidation sites excluding steroid dienone is 10. The van der Waals surface area contributed by atoms with E-state index in [4.69, 9.17) is 24.3 Å². The smallest absolute Gasteiger partial charge is 0.462 e. The SMILES string of the molecule is CC/C=C\C/C=C\C/C=C\C/C=C\C/C=C\CCCCCCCC(=O)OC(COC(=O)CCCCCCCCCCCCCCCCCCCCCC)COP(=O)(O)OCCN. The number of unbranched alkanes of at least 4 members (excludes halogenated alkanes) is 24. The Bertz CT molecular complexity index is 1200. The molecule has 62 heavy (non-hydrogen) atoms. The molecule has 0 saturated carbocycles. The zero-order chi connectivity index (χ0) is 45.3. The third-order valence-corrected chi connectivity index (χ3v) is 11.7. The second-order valence-corrected chi connectivity index (χ2v) is 18.1. The van der Waals surface area contributed by atoms with Gasteiger partial charge in [0.15, 0.2) is 6.10 Å². The lowest BCUT2D eigenvalue weighted by atomic mass is 10.0. The first-order chi connectivity index (χ1) is 30.3. The van der Waals surface area contributed by atoms with E-state index in [-0.39, 0.29) is 38.6 Å². The molecule has 0 aromatic carbocycles. The molecule has 0 amide bonds. The predicted molar refractivity (Wildman–Crippen MR) is 261 cm³/mol. The number of carbonyl (C=O) groups is 2. The van der Waals surface area contributed by atoms with Gasteiger partial charge in [-0.3, -0.25) is 18.6 Å². The summed E-state index contributed by atoms with van der Waals surface area (Å²) in [5, 5.41) is 0. The van der Waals surface area contributed by atoms with Crippen LogP contribution in [-0.4, -0.2) is 49.3 Å². The molecule has 0 aromatic heterocycles. The topological polar surface area (TPSA) is 134 Å². The summed E-state index contributed by atoms with van der Waals surface area (Å²) in [5.41, 5.74) is 5.36. The monoisotopic (exact) mass is 892 g/mol. The Hall–Kier alpha value is -2.29. The van der Waals surface area contributed by atoms with Crippen molar-refractivity contribution in [2.75, 3.05) is 26.4 Å². The lowest BCUT2D eigenvalue weighted by Gasteiger charge is -2.19. The zero-order valence-corrected chi connectivity index (χ0v) is 40.7. The second-order valence-electron chi connectivity index (χ2n) is 16.7. The molecule has 0 aliphatic rings. The molecule has 0 aromatic rings. The van der Waals surface area contributed by atoms with Crippen LogP contribution in [-0.2, 0) is 32.7 Å². The number of nitrogens with two attached hydrogens (primary N) is 1. The minimum absolute atomic E-state index is 0.0484. The molecular weight excluding hydrogens is 798 g/mol. The fourth-order valence-corrected chi connectivity index (χ4v) is 7.72. The fraction of sp³-hybridized carbons (Fsp3) is 0.769. The molecule has 0 rings (SSSR count). The van der Waals surface area contributed by atoms with Crippen molar-refractivity contribution in [2.45, 2.75) is 232 Å². The molecule has 0 aliphatic heterocycles. The van der Waals surface area contributed by atoms with Gasteiger partial charge in [-0.05, 0) is 57.8 Å². The summed E-state index contributed by atoms with van der Waals surface area (Å²) >= 11 is 0.